The number of benzene rings is 1. The van der Waals surface area contributed by atoms with E-state index in [1.54, 1.807) is 0 Å². The molecule has 0 N–H and O–H groups in total. The van der Waals surface area contributed by atoms with Gasteiger partial charge in [0.15, 0.2) is 6.10 Å². The van der Waals surface area contributed by atoms with Crippen LogP contribution in [-0.2, 0) is 9.53 Å². The molecule has 0 bridgehead atoms. The van der Waals surface area contributed by atoms with Crippen molar-refractivity contribution in [3.8, 4) is 10.8 Å². The Morgan fingerprint density at radius 2 is 2.07 bits per heavy atom. The first-order valence-electron chi connectivity index (χ1n) is 4.07. The van der Waals surface area contributed by atoms with Crippen LogP contribution in [0.25, 0.3) is 0 Å². The number of hydrogen-bond acceptors (Lipinski definition) is 2. The Kier molecular flexibility index (Phi) is 4.21. The highest BCUT2D eigenvalue weighted by molar-refractivity contribution is 9.12. The topological polar surface area (TPSA) is 26.3 Å². The lowest BCUT2D eigenvalue weighted by Crippen LogP contribution is -2.06. The first kappa shape index (κ1) is 10.8. The smallest absolute Gasteiger partial charge is 0.304 e. The molecule has 1 aromatic rings. The molecule has 72 valence electrons. The van der Waals surface area contributed by atoms with Crippen LogP contribution in [0, 0.1) is 10.8 Å². The molecule has 0 aliphatic heterocycles. The molecule has 0 saturated carbocycles. The van der Waals surface area contributed by atoms with E-state index in [-0.39, 0.29) is 5.97 Å². The molecule has 1 atom stereocenters. The lowest BCUT2D eigenvalue weighted by Gasteiger charge is -2.10. The van der Waals surface area contributed by atoms with Crippen molar-refractivity contribution in [2.75, 3.05) is 0 Å². The van der Waals surface area contributed by atoms with Gasteiger partial charge in [-0.15, -0.1) is 0 Å². The van der Waals surface area contributed by atoms with E-state index < -0.39 is 6.10 Å². The summed E-state index contributed by atoms with van der Waals surface area (Å²) < 4.78 is 5.03. The van der Waals surface area contributed by atoms with Crippen molar-refractivity contribution in [1.82, 2.24) is 0 Å². The molecular weight excluding hydrogens is 244 g/mol. The Labute approximate surface area is 91.4 Å². The Bertz CT molecular complexity index is 362. The fourth-order valence-corrected chi connectivity index (χ4v) is 1.23. The van der Waals surface area contributed by atoms with E-state index in [9.17, 15) is 4.79 Å². The monoisotopic (exact) mass is 252 g/mol. The van der Waals surface area contributed by atoms with Gasteiger partial charge in [0.05, 0.1) is 0 Å². The molecule has 0 fully saturated rings. The summed E-state index contributed by atoms with van der Waals surface area (Å²) in [4.78, 5) is 13.4. The second kappa shape index (κ2) is 5.46. The third kappa shape index (κ3) is 3.23. The summed E-state index contributed by atoms with van der Waals surface area (Å²) in [5.41, 5.74) is 0.870. The number of halogens is 1. The zero-order chi connectivity index (χ0) is 10.4. The van der Waals surface area contributed by atoms with E-state index in [4.69, 9.17) is 4.74 Å². The molecule has 1 aromatic carbocycles. The number of carbonyl (C=O) groups excluding carboxylic acids is 1. The molecule has 2 nitrogen and oxygen atoms in total. The van der Waals surface area contributed by atoms with Crippen LogP contribution in [0.1, 0.15) is 18.6 Å². The van der Waals surface area contributed by atoms with Gasteiger partial charge in [-0.05, 0) is 10.8 Å². The summed E-state index contributed by atoms with van der Waals surface area (Å²) in [5.74, 6) is 2.42. The van der Waals surface area contributed by atoms with Crippen molar-refractivity contribution in [2.24, 2.45) is 0 Å². The summed E-state index contributed by atoms with van der Waals surface area (Å²) >= 11 is 2.98. The number of carbonyl (C=O) groups is 1. The molecule has 14 heavy (non-hydrogen) atoms. The van der Waals surface area contributed by atoms with Crippen LogP contribution in [0.15, 0.2) is 30.3 Å². The van der Waals surface area contributed by atoms with Crippen LogP contribution in [-0.4, -0.2) is 5.97 Å². The van der Waals surface area contributed by atoms with Gasteiger partial charge in [0.25, 0.3) is 0 Å². The summed E-state index contributed by atoms with van der Waals surface area (Å²) in [6.45, 7) is 1.37. The Balaban J connectivity index is 2.87. The predicted octanol–water partition coefficient (Wildman–Crippen LogP) is 2.65. The second-order valence-electron chi connectivity index (χ2n) is 2.64. The van der Waals surface area contributed by atoms with Gasteiger partial charge < -0.3 is 4.74 Å². The summed E-state index contributed by atoms with van der Waals surface area (Å²) in [7, 11) is 0. The zero-order valence-electron chi connectivity index (χ0n) is 7.66. The molecule has 0 radical (unpaired) electrons. The maximum absolute atomic E-state index is 10.8. The van der Waals surface area contributed by atoms with Crippen LogP contribution >= 0.6 is 15.9 Å². The summed E-state index contributed by atoms with van der Waals surface area (Å²) in [6.07, 6.45) is -0.493. The molecule has 3 heteroatoms. The van der Waals surface area contributed by atoms with Crippen LogP contribution in [0.2, 0.25) is 0 Å². The Morgan fingerprint density at radius 3 is 2.57 bits per heavy atom. The van der Waals surface area contributed by atoms with Crippen LogP contribution < -0.4 is 0 Å². The third-order valence-electron chi connectivity index (χ3n) is 1.57. The molecular formula is C11H9BrO2. The molecule has 1 rings (SSSR count). The highest BCUT2D eigenvalue weighted by Gasteiger charge is 2.10. The average molecular weight is 253 g/mol. The van der Waals surface area contributed by atoms with Crippen LogP contribution in [0.4, 0.5) is 0 Å². The molecule has 0 saturated heterocycles. The summed E-state index contributed by atoms with van der Waals surface area (Å²) in [6, 6.07) is 9.38. The predicted molar refractivity (Wildman–Crippen MR) is 57.7 cm³/mol. The van der Waals surface area contributed by atoms with E-state index in [0.29, 0.717) is 0 Å². The molecule has 0 heterocycles. The lowest BCUT2D eigenvalue weighted by molar-refractivity contribution is -0.144. The van der Waals surface area contributed by atoms with E-state index in [1.165, 1.54) is 6.92 Å². The molecule has 0 amide bonds. The first-order chi connectivity index (χ1) is 6.74. The van der Waals surface area contributed by atoms with Gasteiger partial charge >= 0.3 is 5.97 Å². The fraction of sp³-hybridized carbons (Fsp3) is 0.182. The maximum atomic E-state index is 10.8. The van der Waals surface area contributed by atoms with Crippen LogP contribution in [0.5, 0.6) is 0 Å². The largest absolute Gasteiger partial charge is 0.444 e. The van der Waals surface area contributed by atoms with Gasteiger partial charge in [0, 0.05) is 28.4 Å². The molecule has 0 aromatic heterocycles. The van der Waals surface area contributed by atoms with E-state index in [0.717, 1.165) is 5.56 Å². The number of esters is 1. The highest BCUT2D eigenvalue weighted by Crippen LogP contribution is 2.16. The van der Waals surface area contributed by atoms with Crippen molar-refractivity contribution < 1.29 is 9.53 Å². The van der Waals surface area contributed by atoms with Crippen molar-refractivity contribution in [1.29, 1.82) is 0 Å². The van der Waals surface area contributed by atoms with Gasteiger partial charge in [-0.25, -0.2) is 0 Å². The Morgan fingerprint density at radius 1 is 1.43 bits per heavy atom. The average Bonchev–Trinajstić information content (AvgIpc) is 2.18. The molecule has 0 aliphatic carbocycles. The molecule has 0 aliphatic rings. The summed E-state index contributed by atoms with van der Waals surface area (Å²) in [5, 5.41) is 0. The quantitative estimate of drug-likeness (QED) is 0.598. The number of hydrogen-bond donors (Lipinski definition) is 0. The fourth-order valence-electron chi connectivity index (χ4n) is 1.02. The van der Waals surface area contributed by atoms with Gasteiger partial charge in [-0.2, -0.15) is 0 Å². The van der Waals surface area contributed by atoms with Gasteiger partial charge in [0.1, 0.15) is 0 Å². The van der Waals surface area contributed by atoms with E-state index in [2.05, 4.69) is 26.7 Å². The van der Waals surface area contributed by atoms with E-state index in [1.807, 2.05) is 30.3 Å². The van der Waals surface area contributed by atoms with Gasteiger partial charge in [0.2, 0.25) is 0 Å². The van der Waals surface area contributed by atoms with Crippen molar-refractivity contribution in [3.05, 3.63) is 35.9 Å². The second-order valence-corrected chi connectivity index (χ2v) is 3.04. The SMILES string of the molecule is CC(=O)OC(C#CBr)c1ccccc1. The zero-order valence-corrected chi connectivity index (χ0v) is 9.24. The number of ether oxygens (including phenoxy) is 1. The maximum Gasteiger partial charge on any atom is 0.304 e. The number of rotatable bonds is 2. The van der Waals surface area contributed by atoms with E-state index >= 15 is 0 Å². The lowest BCUT2D eigenvalue weighted by atomic mass is 10.1. The highest BCUT2D eigenvalue weighted by atomic mass is 79.9. The minimum Gasteiger partial charge on any atom is -0.444 e. The standard InChI is InChI=1S/C11H9BrO2/c1-9(13)14-11(7-8-12)10-5-3-2-4-6-10/h2-6,11H,1H3. The molecule has 0 spiro atoms. The third-order valence-corrected chi connectivity index (χ3v) is 1.80. The van der Waals surface area contributed by atoms with Gasteiger partial charge in [-0.3, -0.25) is 4.79 Å². The van der Waals surface area contributed by atoms with Crippen molar-refractivity contribution in [2.45, 2.75) is 13.0 Å². The normalized spacial score (nSPS) is 11.0. The van der Waals surface area contributed by atoms with Crippen molar-refractivity contribution >= 4 is 21.9 Å². The molecule has 1 unspecified atom stereocenters. The Hall–Kier alpha value is -1.27. The first-order valence-corrected chi connectivity index (χ1v) is 4.86. The van der Waals surface area contributed by atoms with Crippen LogP contribution in [0.3, 0.4) is 0 Å². The minimum absolute atomic E-state index is 0.339. The van der Waals surface area contributed by atoms with Gasteiger partial charge in [-0.1, -0.05) is 30.3 Å². The van der Waals surface area contributed by atoms with Crippen molar-refractivity contribution in [3.63, 3.8) is 0 Å². The minimum atomic E-state index is -0.493.